The molecular weight excluding hydrogens is 461 g/mol. The molecule has 2 heterocycles. The third-order valence-electron chi connectivity index (χ3n) is 6.06. The number of nitrogens with zero attached hydrogens (tertiary/aromatic N) is 3. The third-order valence-corrected chi connectivity index (χ3v) is 7.17. The number of benzene rings is 2. The van der Waals surface area contributed by atoms with E-state index < -0.39 is 15.7 Å². The fraction of sp³-hybridized carbons (Fsp3) is 0.417. The molecular formula is C24H26FN3O5S. The van der Waals surface area contributed by atoms with Crippen molar-refractivity contribution in [3.8, 4) is 11.8 Å². The minimum Gasteiger partial charge on any atom is -0.489 e. The maximum atomic E-state index is 14.4. The van der Waals surface area contributed by atoms with Crippen molar-refractivity contribution in [3.63, 3.8) is 0 Å². The number of carbonyl (C=O) groups excluding carboxylic acids is 1. The summed E-state index contributed by atoms with van der Waals surface area (Å²) in [5.74, 6) is -0.454. The highest BCUT2D eigenvalue weighted by molar-refractivity contribution is 7.90. The molecule has 0 aliphatic carbocycles. The Kier molecular flexibility index (Phi) is 7.05. The van der Waals surface area contributed by atoms with Gasteiger partial charge in [-0.3, -0.25) is 4.79 Å². The van der Waals surface area contributed by atoms with Crippen molar-refractivity contribution in [1.29, 1.82) is 5.26 Å². The third kappa shape index (κ3) is 5.32. The summed E-state index contributed by atoms with van der Waals surface area (Å²) < 4.78 is 50.1. The van der Waals surface area contributed by atoms with Gasteiger partial charge in [-0.25, -0.2) is 12.8 Å². The highest BCUT2D eigenvalue weighted by Gasteiger charge is 2.28. The van der Waals surface area contributed by atoms with Crippen LogP contribution in [0, 0.1) is 17.1 Å². The number of amides is 1. The summed E-state index contributed by atoms with van der Waals surface area (Å²) in [6.45, 7) is 2.61. The van der Waals surface area contributed by atoms with Gasteiger partial charge in [0.05, 0.1) is 41.0 Å². The molecule has 1 amide bonds. The van der Waals surface area contributed by atoms with Gasteiger partial charge in [0.2, 0.25) is 0 Å². The van der Waals surface area contributed by atoms with Crippen molar-refractivity contribution in [2.45, 2.75) is 23.8 Å². The van der Waals surface area contributed by atoms with Crippen LogP contribution in [-0.4, -0.2) is 71.0 Å². The van der Waals surface area contributed by atoms with Crippen molar-refractivity contribution < 1.29 is 27.1 Å². The fourth-order valence-electron chi connectivity index (χ4n) is 4.14. The van der Waals surface area contributed by atoms with Crippen LogP contribution in [0.4, 0.5) is 10.1 Å². The Bertz CT molecular complexity index is 1210. The second kappa shape index (κ2) is 9.99. The van der Waals surface area contributed by atoms with Crippen LogP contribution in [0.15, 0.2) is 41.3 Å². The maximum Gasteiger partial charge on any atom is 0.257 e. The summed E-state index contributed by atoms with van der Waals surface area (Å²) in [6, 6.07) is 10.6. The number of hydrogen-bond donors (Lipinski definition) is 0. The number of halogens is 1. The summed E-state index contributed by atoms with van der Waals surface area (Å²) in [6.07, 6.45) is 2.37. The fourth-order valence-corrected chi connectivity index (χ4v) is 4.78. The van der Waals surface area contributed by atoms with Crippen LogP contribution in [0.5, 0.6) is 5.75 Å². The number of hydrogen-bond acceptors (Lipinski definition) is 7. The summed E-state index contributed by atoms with van der Waals surface area (Å²) in [5, 5.41) is 8.93. The van der Waals surface area contributed by atoms with E-state index in [1.165, 1.54) is 18.2 Å². The minimum absolute atomic E-state index is 0.0495. The number of nitriles is 1. The van der Waals surface area contributed by atoms with E-state index in [1.807, 2.05) is 11.0 Å². The average molecular weight is 488 g/mol. The molecule has 34 heavy (non-hydrogen) atoms. The van der Waals surface area contributed by atoms with Crippen molar-refractivity contribution in [2.75, 3.05) is 50.5 Å². The van der Waals surface area contributed by atoms with Gasteiger partial charge in [0.25, 0.3) is 5.91 Å². The SMILES string of the molecule is CS(=O)(=O)c1ccc(OC2CCOCC2)c(C(=O)N2CCN(c3ccc(C#N)cc3F)CC2)c1. The molecule has 180 valence electrons. The van der Waals surface area contributed by atoms with Gasteiger partial charge in [-0.2, -0.15) is 5.26 Å². The zero-order valence-corrected chi connectivity index (χ0v) is 19.7. The lowest BCUT2D eigenvalue weighted by Crippen LogP contribution is -2.49. The molecule has 0 unspecified atom stereocenters. The predicted octanol–water partition coefficient (Wildman–Crippen LogP) is 2.62. The first-order valence-electron chi connectivity index (χ1n) is 11.1. The summed E-state index contributed by atoms with van der Waals surface area (Å²) in [7, 11) is -3.51. The molecule has 0 bridgehead atoms. The van der Waals surface area contributed by atoms with Crippen molar-refractivity contribution in [1.82, 2.24) is 4.90 Å². The number of sulfone groups is 1. The van der Waals surface area contributed by atoms with Crippen molar-refractivity contribution >= 4 is 21.4 Å². The zero-order chi connectivity index (χ0) is 24.3. The summed E-state index contributed by atoms with van der Waals surface area (Å²) >= 11 is 0. The molecule has 2 aliphatic rings. The summed E-state index contributed by atoms with van der Waals surface area (Å²) in [4.78, 5) is 16.9. The van der Waals surface area contributed by atoms with Crippen LogP contribution >= 0.6 is 0 Å². The molecule has 0 spiro atoms. The Hall–Kier alpha value is -3.16. The quantitative estimate of drug-likeness (QED) is 0.639. The molecule has 0 saturated carbocycles. The largest absolute Gasteiger partial charge is 0.489 e. The van der Waals surface area contributed by atoms with E-state index in [1.54, 1.807) is 23.1 Å². The van der Waals surface area contributed by atoms with Crippen LogP contribution in [0.25, 0.3) is 0 Å². The van der Waals surface area contributed by atoms with Crippen LogP contribution < -0.4 is 9.64 Å². The number of ether oxygens (including phenoxy) is 2. The number of piperazine rings is 1. The van der Waals surface area contributed by atoms with Gasteiger partial charge in [-0.05, 0) is 36.4 Å². The van der Waals surface area contributed by atoms with Crippen LogP contribution in [-0.2, 0) is 14.6 Å². The summed E-state index contributed by atoms with van der Waals surface area (Å²) in [5.41, 5.74) is 0.832. The standard InChI is InChI=1S/C24H26FN3O5S/c1-34(30,31)19-3-5-23(33-18-6-12-32-13-7-18)20(15-19)24(29)28-10-8-27(9-11-28)22-4-2-17(16-26)14-21(22)25/h2-5,14-15,18H,6-13H2,1H3. The normalized spacial score (nSPS) is 17.3. The lowest BCUT2D eigenvalue weighted by atomic mass is 10.1. The van der Waals surface area contributed by atoms with Gasteiger partial charge < -0.3 is 19.3 Å². The van der Waals surface area contributed by atoms with Crippen LogP contribution in [0.3, 0.4) is 0 Å². The van der Waals surface area contributed by atoms with Crippen LogP contribution in [0.2, 0.25) is 0 Å². The molecule has 8 nitrogen and oxygen atoms in total. The molecule has 2 fully saturated rings. The second-order valence-corrected chi connectivity index (χ2v) is 10.4. The van der Waals surface area contributed by atoms with E-state index in [0.717, 1.165) is 6.26 Å². The Morgan fingerprint density at radius 3 is 2.44 bits per heavy atom. The number of anilines is 1. The highest BCUT2D eigenvalue weighted by Crippen LogP contribution is 2.28. The molecule has 2 saturated heterocycles. The highest BCUT2D eigenvalue weighted by atomic mass is 32.2. The Morgan fingerprint density at radius 2 is 1.82 bits per heavy atom. The van der Waals surface area contributed by atoms with Crippen molar-refractivity contribution in [3.05, 3.63) is 53.3 Å². The van der Waals surface area contributed by atoms with Gasteiger partial charge in [0.15, 0.2) is 9.84 Å². The van der Waals surface area contributed by atoms with Gasteiger partial charge >= 0.3 is 0 Å². The lowest BCUT2D eigenvalue weighted by Gasteiger charge is -2.36. The monoisotopic (exact) mass is 487 g/mol. The maximum absolute atomic E-state index is 14.4. The predicted molar refractivity (Wildman–Crippen MR) is 123 cm³/mol. The Balaban J connectivity index is 1.53. The minimum atomic E-state index is -3.51. The number of rotatable bonds is 5. The Morgan fingerprint density at radius 1 is 1.12 bits per heavy atom. The van der Waals surface area contributed by atoms with Gasteiger partial charge in [-0.15, -0.1) is 0 Å². The molecule has 10 heteroatoms. The van der Waals surface area contributed by atoms with E-state index in [9.17, 15) is 17.6 Å². The van der Waals surface area contributed by atoms with Gasteiger partial charge in [0.1, 0.15) is 17.7 Å². The molecule has 0 atom stereocenters. The molecule has 2 aromatic carbocycles. The lowest BCUT2D eigenvalue weighted by molar-refractivity contribution is 0.0249. The Labute approximate surface area is 198 Å². The first-order valence-corrected chi connectivity index (χ1v) is 13.0. The van der Waals surface area contributed by atoms with E-state index in [-0.39, 0.29) is 28.0 Å². The zero-order valence-electron chi connectivity index (χ0n) is 18.9. The first-order chi connectivity index (χ1) is 16.3. The second-order valence-electron chi connectivity index (χ2n) is 8.42. The number of carbonyl (C=O) groups is 1. The molecule has 0 N–H and O–H groups in total. The van der Waals surface area contributed by atoms with Gasteiger partial charge in [-0.1, -0.05) is 0 Å². The first kappa shape index (κ1) is 24.0. The topological polar surface area (TPSA) is 99.9 Å². The van der Waals surface area contributed by atoms with Gasteiger partial charge in [0, 0.05) is 45.3 Å². The van der Waals surface area contributed by atoms with E-state index in [0.29, 0.717) is 63.7 Å². The molecule has 2 aliphatic heterocycles. The molecule has 2 aromatic rings. The smallest absolute Gasteiger partial charge is 0.257 e. The van der Waals surface area contributed by atoms with E-state index in [4.69, 9.17) is 14.7 Å². The molecule has 0 aromatic heterocycles. The molecule has 0 radical (unpaired) electrons. The van der Waals surface area contributed by atoms with Crippen molar-refractivity contribution in [2.24, 2.45) is 0 Å². The molecule has 4 rings (SSSR count). The van der Waals surface area contributed by atoms with Crippen LogP contribution in [0.1, 0.15) is 28.8 Å². The van der Waals surface area contributed by atoms with E-state index in [2.05, 4.69) is 0 Å². The van der Waals surface area contributed by atoms with E-state index >= 15 is 0 Å². The average Bonchev–Trinajstić information content (AvgIpc) is 2.84.